The summed E-state index contributed by atoms with van der Waals surface area (Å²) in [4.78, 5) is 22.2. The molecule has 0 spiro atoms. The van der Waals surface area contributed by atoms with E-state index in [1.807, 2.05) is 0 Å². The zero-order valence-corrected chi connectivity index (χ0v) is 17.1. The van der Waals surface area contributed by atoms with E-state index in [9.17, 15) is 14.7 Å². The Labute approximate surface area is 171 Å². The highest BCUT2D eigenvalue weighted by molar-refractivity contribution is 5.84. The molecule has 0 aromatic carbocycles. The van der Waals surface area contributed by atoms with Gasteiger partial charge in [-0.1, -0.05) is 18.7 Å². The lowest BCUT2D eigenvalue weighted by Crippen LogP contribution is -2.46. The van der Waals surface area contributed by atoms with Gasteiger partial charge in [0.2, 0.25) is 5.91 Å². The number of aliphatic hydroxyl groups is 2. The van der Waals surface area contributed by atoms with Crippen molar-refractivity contribution >= 4 is 11.9 Å². The second-order valence-electron chi connectivity index (χ2n) is 6.15. The molecule has 1 aliphatic rings. The van der Waals surface area contributed by atoms with Crippen molar-refractivity contribution in [1.29, 1.82) is 0 Å². The van der Waals surface area contributed by atoms with Crippen LogP contribution in [0.1, 0.15) is 19.8 Å². The molecule has 166 valence electrons. The third-order valence-corrected chi connectivity index (χ3v) is 4.07. The molecule has 7 N–H and O–H groups in total. The summed E-state index contributed by atoms with van der Waals surface area (Å²) in [5.74, 6) is -1.27. The third-order valence-electron chi connectivity index (χ3n) is 4.07. The highest BCUT2D eigenvalue weighted by Gasteiger charge is 2.32. The molecule has 1 amide bonds. The number of carboxylic acid groups (broad SMARTS) is 1. The van der Waals surface area contributed by atoms with Gasteiger partial charge in [-0.25, -0.2) is 4.79 Å². The first-order valence-corrected chi connectivity index (χ1v) is 9.13. The molecule has 0 aromatic heterocycles. The van der Waals surface area contributed by atoms with Gasteiger partial charge in [0.15, 0.2) is 12.4 Å². The molecule has 29 heavy (non-hydrogen) atoms. The minimum absolute atomic E-state index is 0.122. The van der Waals surface area contributed by atoms with Crippen LogP contribution < -0.4 is 16.4 Å². The minimum Gasteiger partial charge on any atom is -0.479 e. The van der Waals surface area contributed by atoms with Crippen LogP contribution in [0.15, 0.2) is 36.1 Å². The first-order valence-electron chi connectivity index (χ1n) is 9.13. The van der Waals surface area contributed by atoms with Gasteiger partial charge in [-0.15, -0.1) is 0 Å². The van der Waals surface area contributed by atoms with Crippen LogP contribution in [0.25, 0.3) is 0 Å². The van der Waals surface area contributed by atoms with Crippen molar-refractivity contribution in [3.05, 3.63) is 36.1 Å². The average molecular weight is 415 g/mol. The van der Waals surface area contributed by atoms with Crippen LogP contribution in [-0.2, 0) is 19.1 Å². The number of ether oxygens (including phenoxy) is 2. The number of carboxylic acids is 1. The summed E-state index contributed by atoms with van der Waals surface area (Å²) in [5.41, 5.74) is 6.68. The van der Waals surface area contributed by atoms with E-state index in [1.54, 1.807) is 26.1 Å². The van der Waals surface area contributed by atoms with Crippen LogP contribution in [-0.4, -0.2) is 79.0 Å². The quantitative estimate of drug-likeness (QED) is 0.266. The number of rotatable bonds is 9. The van der Waals surface area contributed by atoms with E-state index in [4.69, 9.17) is 25.4 Å². The molecular weight excluding hydrogens is 382 g/mol. The number of hydrogen-bond acceptors (Lipinski definition) is 8. The number of carbonyl (C=O) groups excluding carboxylic acids is 1. The van der Waals surface area contributed by atoms with Crippen molar-refractivity contribution in [2.45, 2.75) is 44.3 Å². The molecule has 10 nitrogen and oxygen atoms in total. The van der Waals surface area contributed by atoms with Gasteiger partial charge < -0.3 is 41.2 Å². The van der Waals surface area contributed by atoms with Crippen LogP contribution in [0.5, 0.6) is 0 Å². The fraction of sp³-hybridized carbons (Fsp3) is 0.579. The van der Waals surface area contributed by atoms with Crippen LogP contribution in [0.3, 0.4) is 0 Å². The first-order chi connectivity index (χ1) is 13.8. The van der Waals surface area contributed by atoms with Gasteiger partial charge in [0.25, 0.3) is 0 Å². The van der Waals surface area contributed by atoms with Gasteiger partial charge in [0, 0.05) is 32.2 Å². The van der Waals surface area contributed by atoms with Crippen molar-refractivity contribution in [3.63, 3.8) is 0 Å². The fourth-order valence-corrected chi connectivity index (χ4v) is 2.32. The fourth-order valence-electron chi connectivity index (χ4n) is 2.32. The molecule has 4 atom stereocenters. The molecule has 1 fully saturated rings. The monoisotopic (exact) mass is 415 g/mol. The Kier molecular flexibility index (Phi) is 13.8. The number of nitrogens with two attached hydrogens (primary N) is 1. The Hall–Kier alpha value is -2.08. The second-order valence-corrected chi connectivity index (χ2v) is 6.15. The summed E-state index contributed by atoms with van der Waals surface area (Å²) < 4.78 is 9.78. The van der Waals surface area contributed by atoms with Crippen molar-refractivity contribution in [1.82, 2.24) is 10.6 Å². The lowest BCUT2D eigenvalue weighted by atomic mass is 10.1. The molecule has 3 unspecified atom stereocenters. The van der Waals surface area contributed by atoms with Gasteiger partial charge in [-0.2, -0.15) is 0 Å². The van der Waals surface area contributed by atoms with E-state index in [0.29, 0.717) is 17.7 Å². The molecule has 0 bridgehead atoms. The number of nitrogens with one attached hydrogen (secondary N) is 2. The molecule has 0 saturated carbocycles. The first kappa shape index (κ1) is 26.9. The highest BCUT2D eigenvalue weighted by Crippen LogP contribution is 2.19. The number of likely N-dealkylation sites (N-methyl/N-ethyl adjacent to an activating group) is 1. The SMILES string of the molecule is C=C/C(=C\C(=C/C)NC(=O)C(CN)NC)CO.CO[C@H]1CC(O)CC(C(=O)O)O1. The van der Waals surface area contributed by atoms with E-state index in [1.165, 1.54) is 13.2 Å². The van der Waals surface area contributed by atoms with Crippen LogP contribution in [0.4, 0.5) is 0 Å². The maximum atomic E-state index is 11.7. The van der Waals surface area contributed by atoms with E-state index in [-0.39, 0.29) is 25.5 Å². The molecule has 0 aromatic rings. The van der Waals surface area contributed by atoms with E-state index in [2.05, 4.69) is 17.2 Å². The maximum Gasteiger partial charge on any atom is 0.333 e. The number of amides is 1. The zero-order chi connectivity index (χ0) is 22.4. The Morgan fingerprint density at radius 3 is 2.48 bits per heavy atom. The zero-order valence-electron chi connectivity index (χ0n) is 17.1. The van der Waals surface area contributed by atoms with E-state index in [0.717, 1.165) is 0 Å². The summed E-state index contributed by atoms with van der Waals surface area (Å²) in [6, 6.07) is -0.431. The van der Waals surface area contributed by atoms with Gasteiger partial charge in [0.05, 0.1) is 18.8 Å². The number of carbonyl (C=O) groups is 2. The molecule has 10 heteroatoms. The number of allylic oxidation sites excluding steroid dienone is 2. The molecule has 1 rings (SSSR count). The van der Waals surface area contributed by atoms with Crippen LogP contribution >= 0.6 is 0 Å². The summed E-state index contributed by atoms with van der Waals surface area (Å²) in [6.07, 6.45) is 3.20. The minimum atomic E-state index is -1.06. The summed E-state index contributed by atoms with van der Waals surface area (Å²) >= 11 is 0. The number of methoxy groups -OCH3 is 1. The van der Waals surface area contributed by atoms with E-state index < -0.39 is 30.5 Å². The Balaban J connectivity index is 0.000000571. The summed E-state index contributed by atoms with van der Waals surface area (Å²) in [6.45, 7) is 5.46. The van der Waals surface area contributed by atoms with Crippen molar-refractivity contribution < 1.29 is 34.4 Å². The van der Waals surface area contributed by atoms with Gasteiger partial charge in [0.1, 0.15) is 0 Å². The van der Waals surface area contributed by atoms with E-state index >= 15 is 0 Å². The number of aliphatic carboxylic acids is 1. The Bertz CT molecular complexity index is 588. The lowest BCUT2D eigenvalue weighted by Gasteiger charge is -2.29. The molecule has 0 aliphatic carbocycles. The number of aliphatic hydroxyl groups excluding tert-OH is 2. The summed E-state index contributed by atoms with van der Waals surface area (Å²) in [5, 5.41) is 32.3. The lowest BCUT2D eigenvalue weighted by molar-refractivity contribution is -0.213. The molecule has 1 heterocycles. The summed E-state index contributed by atoms with van der Waals surface area (Å²) in [7, 11) is 3.09. The Morgan fingerprint density at radius 1 is 1.41 bits per heavy atom. The predicted molar refractivity (Wildman–Crippen MR) is 108 cm³/mol. The molecule has 0 radical (unpaired) electrons. The van der Waals surface area contributed by atoms with Crippen molar-refractivity contribution in [2.75, 3.05) is 27.3 Å². The van der Waals surface area contributed by atoms with Gasteiger partial charge in [-0.05, 0) is 25.6 Å². The highest BCUT2D eigenvalue weighted by atomic mass is 16.7. The van der Waals surface area contributed by atoms with Crippen LogP contribution in [0.2, 0.25) is 0 Å². The maximum absolute atomic E-state index is 11.7. The molecular formula is C19H33N3O7. The topological polar surface area (TPSA) is 163 Å². The van der Waals surface area contributed by atoms with Gasteiger partial charge in [-0.3, -0.25) is 4.79 Å². The largest absolute Gasteiger partial charge is 0.479 e. The average Bonchev–Trinajstić information content (AvgIpc) is 2.71. The Morgan fingerprint density at radius 2 is 2.07 bits per heavy atom. The predicted octanol–water partition coefficient (Wildman–Crippen LogP) is -0.759. The number of hydrogen-bond donors (Lipinski definition) is 6. The normalized spacial score (nSPS) is 23.4. The second kappa shape index (κ2) is 14.9. The molecule has 1 aliphatic heterocycles. The van der Waals surface area contributed by atoms with Crippen molar-refractivity contribution in [3.8, 4) is 0 Å². The standard InChI is InChI=1S/C12H21N3O2.C7H12O5/c1-4-9(8-16)6-10(5-2)15-12(17)11(7-13)14-3;1-11-6-3-4(8)2-5(12-6)7(9)10/h4-6,11,14,16H,1,7-8,13H2,2-3H3,(H,15,17);4-6,8H,2-3H2,1H3,(H,9,10)/b9-6+,10-5+;/t;4?,5?,6-/m.1/s1. The van der Waals surface area contributed by atoms with Crippen molar-refractivity contribution in [2.24, 2.45) is 5.73 Å². The third kappa shape index (κ3) is 10.3. The molecule has 1 saturated heterocycles. The van der Waals surface area contributed by atoms with Gasteiger partial charge >= 0.3 is 5.97 Å². The van der Waals surface area contributed by atoms with Crippen LogP contribution in [0, 0.1) is 0 Å². The smallest absolute Gasteiger partial charge is 0.333 e.